The van der Waals surface area contributed by atoms with Gasteiger partial charge in [0.2, 0.25) is 0 Å². The summed E-state index contributed by atoms with van der Waals surface area (Å²) in [6, 6.07) is 6.90. The molecule has 0 aliphatic carbocycles. The van der Waals surface area contributed by atoms with Gasteiger partial charge in [-0.2, -0.15) is 0 Å². The predicted octanol–water partition coefficient (Wildman–Crippen LogP) is 4.06. The maximum atomic E-state index is 6.06. The van der Waals surface area contributed by atoms with Crippen molar-refractivity contribution in [3.8, 4) is 5.75 Å². The van der Waals surface area contributed by atoms with E-state index in [4.69, 9.17) is 4.74 Å². The van der Waals surface area contributed by atoms with Gasteiger partial charge in [0.05, 0.1) is 0 Å². The van der Waals surface area contributed by atoms with Gasteiger partial charge in [0.15, 0.2) is 0 Å². The Balaban J connectivity index is 2.83. The number of likely N-dealkylation sites (N-methyl/N-ethyl adjacent to an activating group) is 1. The van der Waals surface area contributed by atoms with Crippen molar-refractivity contribution < 1.29 is 4.74 Å². The van der Waals surface area contributed by atoms with E-state index in [1.54, 1.807) is 0 Å². The second-order valence-corrected chi connectivity index (χ2v) is 6.33. The summed E-state index contributed by atoms with van der Waals surface area (Å²) in [5.41, 5.74) is 2.69. The Morgan fingerprint density at radius 1 is 1.26 bits per heavy atom. The average Bonchev–Trinajstić information content (AvgIpc) is 2.34. The Morgan fingerprint density at radius 2 is 1.95 bits per heavy atom. The molecule has 0 bridgehead atoms. The van der Waals surface area contributed by atoms with Crippen LogP contribution in [0.1, 0.15) is 51.7 Å². The van der Waals surface area contributed by atoms with E-state index in [2.05, 4.69) is 58.1 Å². The first-order valence-corrected chi connectivity index (χ1v) is 7.29. The normalized spacial score (nSPS) is 13.4. The van der Waals surface area contributed by atoms with Crippen LogP contribution in [0.3, 0.4) is 0 Å². The number of rotatable bonds is 6. The highest BCUT2D eigenvalue weighted by molar-refractivity contribution is 5.41. The molecule has 0 fully saturated rings. The SMILES string of the molecule is CCCC(COc1ccc(C)cc1C(C)(C)C)NC. The monoisotopic (exact) mass is 263 g/mol. The molecule has 2 heteroatoms. The van der Waals surface area contributed by atoms with Crippen molar-refractivity contribution in [2.75, 3.05) is 13.7 Å². The Morgan fingerprint density at radius 3 is 2.47 bits per heavy atom. The van der Waals surface area contributed by atoms with Crippen molar-refractivity contribution in [2.24, 2.45) is 0 Å². The lowest BCUT2D eigenvalue weighted by Crippen LogP contribution is -2.31. The Kier molecular flexibility index (Phi) is 5.86. The second-order valence-electron chi connectivity index (χ2n) is 6.33. The fourth-order valence-corrected chi connectivity index (χ4v) is 2.21. The zero-order valence-electron chi connectivity index (χ0n) is 13.3. The van der Waals surface area contributed by atoms with Crippen LogP contribution in [0.5, 0.6) is 5.75 Å². The minimum atomic E-state index is 0.112. The van der Waals surface area contributed by atoms with Crippen molar-refractivity contribution in [3.63, 3.8) is 0 Å². The molecule has 19 heavy (non-hydrogen) atoms. The van der Waals surface area contributed by atoms with Gasteiger partial charge in [-0.3, -0.25) is 0 Å². The van der Waals surface area contributed by atoms with E-state index in [9.17, 15) is 0 Å². The van der Waals surface area contributed by atoms with Crippen LogP contribution >= 0.6 is 0 Å². The molecule has 1 aromatic carbocycles. The summed E-state index contributed by atoms with van der Waals surface area (Å²) >= 11 is 0. The summed E-state index contributed by atoms with van der Waals surface area (Å²) in [7, 11) is 2.00. The number of hydrogen-bond donors (Lipinski definition) is 1. The third kappa shape index (κ3) is 4.87. The van der Waals surface area contributed by atoms with Gasteiger partial charge in [0.25, 0.3) is 0 Å². The zero-order valence-corrected chi connectivity index (χ0v) is 13.3. The molecule has 2 nitrogen and oxygen atoms in total. The molecule has 0 saturated carbocycles. The van der Waals surface area contributed by atoms with Gasteiger partial charge >= 0.3 is 0 Å². The largest absolute Gasteiger partial charge is 0.492 e. The van der Waals surface area contributed by atoms with Crippen LogP contribution in [0.4, 0.5) is 0 Å². The van der Waals surface area contributed by atoms with Crippen LogP contribution in [-0.2, 0) is 5.41 Å². The first kappa shape index (κ1) is 16.0. The van der Waals surface area contributed by atoms with Crippen molar-refractivity contribution in [1.82, 2.24) is 5.32 Å². The number of aryl methyl sites for hydroxylation is 1. The molecule has 0 amide bonds. The Hall–Kier alpha value is -1.02. The fourth-order valence-electron chi connectivity index (χ4n) is 2.21. The predicted molar refractivity (Wildman–Crippen MR) is 83.1 cm³/mol. The molecular formula is C17H29NO. The van der Waals surface area contributed by atoms with Crippen LogP contribution in [-0.4, -0.2) is 19.7 Å². The van der Waals surface area contributed by atoms with Crippen LogP contribution in [0.25, 0.3) is 0 Å². The molecule has 0 aliphatic heterocycles. The minimum absolute atomic E-state index is 0.112. The number of nitrogens with one attached hydrogen (secondary N) is 1. The first-order chi connectivity index (χ1) is 8.88. The molecule has 1 unspecified atom stereocenters. The molecule has 0 saturated heterocycles. The summed E-state index contributed by atoms with van der Waals surface area (Å²) < 4.78 is 6.06. The Bertz CT molecular complexity index is 393. The molecule has 1 rings (SSSR count). The van der Waals surface area contributed by atoms with Crippen molar-refractivity contribution in [1.29, 1.82) is 0 Å². The number of hydrogen-bond acceptors (Lipinski definition) is 2. The average molecular weight is 263 g/mol. The van der Waals surface area contributed by atoms with E-state index in [0.717, 1.165) is 18.8 Å². The molecule has 0 heterocycles. The van der Waals surface area contributed by atoms with Gasteiger partial charge in [0.1, 0.15) is 12.4 Å². The van der Waals surface area contributed by atoms with Crippen molar-refractivity contribution in [2.45, 2.75) is 58.9 Å². The fraction of sp³-hybridized carbons (Fsp3) is 0.647. The lowest BCUT2D eigenvalue weighted by Gasteiger charge is -2.25. The topological polar surface area (TPSA) is 21.3 Å². The summed E-state index contributed by atoms with van der Waals surface area (Å²) in [6.07, 6.45) is 2.32. The van der Waals surface area contributed by atoms with E-state index in [1.165, 1.54) is 17.5 Å². The number of ether oxygens (including phenoxy) is 1. The van der Waals surface area contributed by atoms with Crippen LogP contribution in [0, 0.1) is 6.92 Å². The molecule has 1 atom stereocenters. The molecule has 0 aromatic heterocycles. The van der Waals surface area contributed by atoms with Crippen LogP contribution < -0.4 is 10.1 Å². The van der Waals surface area contributed by atoms with Crippen molar-refractivity contribution >= 4 is 0 Å². The van der Waals surface area contributed by atoms with Crippen LogP contribution in [0.15, 0.2) is 18.2 Å². The molecule has 108 valence electrons. The molecule has 0 spiro atoms. The Labute approximate surface area is 118 Å². The molecule has 0 radical (unpaired) electrons. The van der Waals surface area contributed by atoms with Gasteiger partial charge in [-0.15, -0.1) is 0 Å². The zero-order chi connectivity index (χ0) is 14.5. The van der Waals surface area contributed by atoms with E-state index in [1.807, 2.05) is 7.05 Å². The van der Waals surface area contributed by atoms with Crippen LogP contribution in [0.2, 0.25) is 0 Å². The molecule has 0 aliphatic rings. The maximum absolute atomic E-state index is 6.06. The quantitative estimate of drug-likeness (QED) is 0.835. The van der Waals surface area contributed by atoms with E-state index < -0.39 is 0 Å². The van der Waals surface area contributed by atoms with E-state index in [0.29, 0.717) is 6.04 Å². The van der Waals surface area contributed by atoms with Crippen molar-refractivity contribution in [3.05, 3.63) is 29.3 Å². The summed E-state index contributed by atoms with van der Waals surface area (Å²) in [5.74, 6) is 1.02. The summed E-state index contributed by atoms with van der Waals surface area (Å²) in [5, 5.41) is 3.32. The standard InChI is InChI=1S/C17H29NO/c1-7-8-14(18-6)12-19-16-10-9-13(2)11-15(16)17(3,4)5/h9-11,14,18H,7-8,12H2,1-6H3. The lowest BCUT2D eigenvalue weighted by molar-refractivity contribution is 0.257. The van der Waals surface area contributed by atoms with Gasteiger partial charge in [-0.1, -0.05) is 51.8 Å². The van der Waals surface area contributed by atoms with Gasteiger partial charge in [0, 0.05) is 6.04 Å². The highest BCUT2D eigenvalue weighted by atomic mass is 16.5. The van der Waals surface area contributed by atoms with E-state index in [-0.39, 0.29) is 5.41 Å². The maximum Gasteiger partial charge on any atom is 0.123 e. The van der Waals surface area contributed by atoms with Gasteiger partial charge in [-0.25, -0.2) is 0 Å². The highest BCUT2D eigenvalue weighted by Gasteiger charge is 2.19. The lowest BCUT2D eigenvalue weighted by atomic mass is 9.85. The summed E-state index contributed by atoms with van der Waals surface area (Å²) in [4.78, 5) is 0. The molecule has 1 N–H and O–H groups in total. The smallest absolute Gasteiger partial charge is 0.123 e. The van der Waals surface area contributed by atoms with Gasteiger partial charge in [-0.05, 0) is 37.4 Å². The first-order valence-electron chi connectivity index (χ1n) is 7.29. The molecule has 1 aromatic rings. The third-order valence-corrected chi connectivity index (χ3v) is 3.43. The van der Waals surface area contributed by atoms with Gasteiger partial charge < -0.3 is 10.1 Å². The summed E-state index contributed by atoms with van der Waals surface area (Å²) in [6.45, 7) is 11.8. The molecular weight excluding hydrogens is 234 g/mol. The second kappa shape index (κ2) is 6.95. The number of benzene rings is 1. The third-order valence-electron chi connectivity index (χ3n) is 3.43. The highest BCUT2D eigenvalue weighted by Crippen LogP contribution is 2.32. The van der Waals surface area contributed by atoms with E-state index >= 15 is 0 Å². The minimum Gasteiger partial charge on any atom is -0.492 e.